The number of esters is 1. The number of rotatable bonds is 5. The standard InChI is InChI=1S/C9H17NO4/c1-9(4-13-5-9)6-14-8(12)7(3-11)10-2/h7,10-11H,3-6H2,1-2H3/t7-/m0/s1. The molecule has 0 amide bonds. The zero-order chi connectivity index (χ0) is 10.6. The molecule has 1 saturated heterocycles. The highest BCUT2D eigenvalue weighted by molar-refractivity contribution is 5.75. The van der Waals surface area contributed by atoms with Crippen molar-refractivity contribution in [3.05, 3.63) is 0 Å². The lowest BCUT2D eigenvalue weighted by atomic mass is 9.90. The Bertz CT molecular complexity index is 199. The van der Waals surface area contributed by atoms with Crippen LogP contribution in [0.25, 0.3) is 0 Å². The van der Waals surface area contributed by atoms with Crippen LogP contribution in [0.4, 0.5) is 0 Å². The second kappa shape index (κ2) is 4.72. The van der Waals surface area contributed by atoms with Crippen LogP contribution in [0.5, 0.6) is 0 Å². The summed E-state index contributed by atoms with van der Waals surface area (Å²) in [6, 6.07) is -0.625. The Balaban J connectivity index is 2.26. The topological polar surface area (TPSA) is 67.8 Å². The molecule has 0 unspecified atom stereocenters. The van der Waals surface area contributed by atoms with Crippen molar-refractivity contribution in [2.24, 2.45) is 5.41 Å². The van der Waals surface area contributed by atoms with E-state index in [1.54, 1.807) is 7.05 Å². The second-order valence-corrected chi connectivity index (χ2v) is 3.94. The third-order valence-corrected chi connectivity index (χ3v) is 2.28. The number of carbonyl (C=O) groups is 1. The van der Waals surface area contributed by atoms with Crippen molar-refractivity contribution in [2.45, 2.75) is 13.0 Å². The lowest BCUT2D eigenvalue weighted by Crippen LogP contribution is -2.46. The van der Waals surface area contributed by atoms with Gasteiger partial charge in [0.2, 0.25) is 0 Å². The van der Waals surface area contributed by atoms with Crippen LogP contribution in [0, 0.1) is 5.41 Å². The van der Waals surface area contributed by atoms with E-state index in [0.717, 1.165) is 0 Å². The summed E-state index contributed by atoms with van der Waals surface area (Å²) < 4.78 is 10.1. The predicted molar refractivity (Wildman–Crippen MR) is 49.8 cm³/mol. The van der Waals surface area contributed by atoms with Gasteiger partial charge < -0.3 is 19.9 Å². The number of aliphatic hydroxyl groups excluding tert-OH is 1. The van der Waals surface area contributed by atoms with E-state index in [2.05, 4.69) is 5.32 Å². The summed E-state index contributed by atoms with van der Waals surface area (Å²) in [5.41, 5.74) is -0.0383. The van der Waals surface area contributed by atoms with Crippen molar-refractivity contribution < 1.29 is 19.4 Å². The second-order valence-electron chi connectivity index (χ2n) is 3.94. The van der Waals surface area contributed by atoms with Gasteiger partial charge in [-0.1, -0.05) is 6.92 Å². The van der Waals surface area contributed by atoms with Gasteiger partial charge in [0.05, 0.1) is 19.8 Å². The Morgan fingerprint density at radius 1 is 1.71 bits per heavy atom. The number of carbonyl (C=O) groups excluding carboxylic acids is 1. The van der Waals surface area contributed by atoms with Gasteiger partial charge in [0, 0.05) is 5.41 Å². The zero-order valence-corrected chi connectivity index (χ0v) is 8.58. The van der Waals surface area contributed by atoms with Crippen LogP contribution in [-0.4, -0.2) is 50.6 Å². The van der Waals surface area contributed by atoms with Crippen molar-refractivity contribution in [2.75, 3.05) is 33.5 Å². The molecule has 0 bridgehead atoms. The number of likely N-dealkylation sites (N-methyl/N-ethyl adjacent to an activating group) is 1. The molecule has 0 aliphatic carbocycles. The molecule has 0 aromatic carbocycles. The van der Waals surface area contributed by atoms with Crippen molar-refractivity contribution >= 4 is 5.97 Å². The van der Waals surface area contributed by atoms with E-state index in [1.807, 2.05) is 6.92 Å². The van der Waals surface area contributed by atoms with E-state index in [-0.39, 0.29) is 12.0 Å². The molecule has 0 saturated carbocycles. The van der Waals surface area contributed by atoms with Crippen LogP contribution in [0.15, 0.2) is 0 Å². The van der Waals surface area contributed by atoms with E-state index in [4.69, 9.17) is 14.6 Å². The molecule has 5 nitrogen and oxygen atoms in total. The van der Waals surface area contributed by atoms with Crippen LogP contribution in [0.1, 0.15) is 6.92 Å². The minimum atomic E-state index is -0.625. The molecular weight excluding hydrogens is 186 g/mol. The van der Waals surface area contributed by atoms with Gasteiger partial charge in [-0.25, -0.2) is 0 Å². The molecule has 5 heteroatoms. The Labute approximate surface area is 83.4 Å². The average molecular weight is 203 g/mol. The summed E-state index contributed by atoms with van der Waals surface area (Å²) in [5.74, 6) is -0.414. The summed E-state index contributed by atoms with van der Waals surface area (Å²) in [4.78, 5) is 11.3. The molecule has 1 aliphatic heterocycles. The van der Waals surface area contributed by atoms with E-state index < -0.39 is 12.0 Å². The summed E-state index contributed by atoms with van der Waals surface area (Å²) in [5, 5.41) is 11.5. The van der Waals surface area contributed by atoms with Crippen molar-refractivity contribution in [1.29, 1.82) is 0 Å². The molecule has 0 aromatic rings. The first kappa shape index (κ1) is 11.4. The monoisotopic (exact) mass is 203 g/mol. The molecule has 0 spiro atoms. The smallest absolute Gasteiger partial charge is 0.325 e. The number of aliphatic hydroxyl groups is 1. The number of hydrogen-bond donors (Lipinski definition) is 2. The van der Waals surface area contributed by atoms with Crippen molar-refractivity contribution in [1.82, 2.24) is 5.32 Å². The number of hydrogen-bond acceptors (Lipinski definition) is 5. The van der Waals surface area contributed by atoms with Gasteiger partial charge in [0.15, 0.2) is 0 Å². The number of nitrogens with one attached hydrogen (secondary N) is 1. The third-order valence-electron chi connectivity index (χ3n) is 2.28. The van der Waals surface area contributed by atoms with E-state index >= 15 is 0 Å². The lowest BCUT2D eigenvalue weighted by molar-refractivity contribution is -0.167. The maximum Gasteiger partial charge on any atom is 0.325 e. The van der Waals surface area contributed by atoms with Crippen molar-refractivity contribution in [3.8, 4) is 0 Å². The maximum absolute atomic E-state index is 11.3. The van der Waals surface area contributed by atoms with Gasteiger partial charge in [-0.2, -0.15) is 0 Å². The lowest BCUT2D eigenvalue weighted by Gasteiger charge is -2.37. The molecule has 1 atom stereocenters. The van der Waals surface area contributed by atoms with E-state index in [1.165, 1.54) is 0 Å². The zero-order valence-electron chi connectivity index (χ0n) is 8.58. The molecule has 1 aliphatic rings. The van der Waals surface area contributed by atoms with Gasteiger partial charge in [-0.05, 0) is 7.05 Å². The van der Waals surface area contributed by atoms with Gasteiger partial charge >= 0.3 is 5.97 Å². The molecule has 82 valence electrons. The average Bonchev–Trinajstić information content (AvgIpc) is 2.13. The Kier molecular flexibility index (Phi) is 3.86. The highest BCUT2D eigenvalue weighted by Crippen LogP contribution is 2.26. The fourth-order valence-electron chi connectivity index (χ4n) is 1.16. The van der Waals surface area contributed by atoms with Gasteiger partial charge in [0.1, 0.15) is 12.6 Å². The van der Waals surface area contributed by atoms with Crippen LogP contribution in [0.2, 0.25) is 0 Å². The molecule has 0 radical (unpaired) electrons. The van der Waals surface area contributed by atoms with Crippen LogP contribution in [-0.2, 0) is 14.3 Å². The summed E-state index contributed by atoms with van der Waals surface area (Å²) in [7, 11) is 1.61. The maximum atomic E-state index is 11.3. The molecule has 1 rings (SSSR count). The van der Waals surface area contributed by atoms with Gasteiger partial charge in [-0.3, -0.25) is 4.79 Å². The third kappa shape index (κ3) is 2.67. The molecule has 1 fully saturated rings. The van der Waals surface area contributed by atoms with Crippen LogP contribution in [0.3, 0.4) is 0 Å². The fourth-order valence-corrected chi connectivity index (χ4v) is 1.16. The van der Waals surface area contributed by atoms with Gasteiger partial charge in [-0.15, -0.1) is 0 Å². The quantitative estimate of drug-likeness (QED) is 0.569. The van der Waals surface area contributed by atoms with Crippen LogP contribution >= 0.6 is 0 Å². The molecule has 1 heterocycles. The Morgan fingerprint density at radius 2 is 2.36 bits per heavy atom. The van der Waals surface area contributed by atoms with E-state index in [0.29, 0.717) is 19.8 Å². The highest BCUT2D eigenvalue weighted by Gasteiger charge is 2.35. The van der Waals surface area contributed by atoms with Crippen molar-refractivity contribution in [3.63, 3.8) is 0 Å². The first-order chi connectivity index (χ1) is 6.61. The minimum absolute atomic E-state index is 0.0383. The van der Waals surface area contributed by atoms with Crippen LogP contribution < -0.4 is 5.32 Å². The highest BCUT2D eigenvalue weighted by atomic mass is 16.5. The largest absolute Gasteiger partial charge is 0.464 e. The summed E-state index contributed by atoms with van der Waals surface area (Å²) in [6.07, 6.45) is 0. The molecule has 0 aromatic heterocycles. The Hall–Kier alpha value is -0.650. The summed E-state index contributed by atoms with van der Waals surface area (Å²) in [6.45, 7) is 3.36. The van der Waals surface area contributed by atoms with E-state index in [9.17, 15) is 4.79 Å². The number of ether oxygens (including phenoxy) is 2. The normalized spacial score (nSPS) is 21.1. The first-order valence-corrected chi connectivity index (χ1v) is 4.64. The molecule has 14 heavy (non-hydrogen) atoms. The molecule has 2 N–H and O–H groups in total. The fraction of sp³-hybridized carbons (Fsp3) is 0.889. The Morgan fingerprint density at radius 3 is 2.71 bits per heavy atom. The predicted octanol–water partition coefficient (Wildman–Crippen LogP) is -0.854. The first-order valence-electron chi connectivity index (χ1n) is 4.64. The summed E-state index contributed by atoms with van der Waals surface area (Å²) >= 11 is 0. The minimum Gasteiger partial charge on any atom is -0.464 e. The molecular formula is C9H17NO4. The SMILES string of the molecule is CN[C@@H](CO)C(=O)OCC1(C)COC1. The van der Waals surface area contributed by atoms with Gasteiger partial charge in [0.25, 0.3) is 0 Å².